The van der Waals surface area contributed by atoms with Gasteiger partial charge in [0.05, 0.1) is 12.3 Å². The predicted octanol–water partition coefficient (Wildman–Crippen LogP) is 3.26. The van der Waals surface area contributed by atoms with E-state index in [1.54, 1.807) is 18.3 Å². The van der Waals surface area contributed by atoms with Crippen LogP contribution in [0.3, 0.4) is 0 Å². The van der Waals surface area contributed by atoms with Gasteiger partial charge in [0.25, 0.3) is 0 Å². The lowest BCUT2D eigenvalue weighted by molar-refractivity contribution is 0.316. The number of benzene rings is 3. The summed E-state index contributed by atoms with van der Waals surface area (Å²) in [6.07, 6.45) is 1.77. The van der Waals surface area contributed by atoms with Gasteiger partial charge in [0.15, 0.2) is 0 Å². The average Bonchev–Trinajstić information content (AvgIpc) is 2.70. The van der Waals surface area contributed by atoms with Crippen LogP contribution in [-0.4, -0.2) is 17.0 Å². The van der Waals surface area contributed by atoms with Crippen molar-refractivity contribution in [3.63, 3.8) is 0 Å². The van der Waals surface area contributed by atoms with E-state index in [2.05, 4.69) is 35.3 Å². The van der Waals surface area contributed by atoms with Crippen LogP contribution in [0, 0.1) is 0 Å². The smallest absolute Gasteiger partial charge is 0.362 e. The summed E-state index contributed by atoms with van der Waals surface area (Å²) in [7, 11) is 0. The summed E-state index contributed by atoms with van der Waals surface area (Å²) < 4.78 is 6.30. The first-order valence-corrected chi connectivity index (χ1v) is 8.59. The summed E-state index contributed by atoms with van der Waals surface area (Å²) in [5.41, 5.74) is 2.98. The van der Waals surface area contributed by atoms with Crippen molar-refractivity contribution in [2.45, 2.75) is 6.61 Å². The molecule has 4 rings (SSSR count). The number of rotatable bonds is 5. The van der Waals surface area contributed by atoms with Crippen LogP contribution in [0.5, 0.6) is 5.75 Å². The molecule has 3 nitrogen and oxygen atoms in total. The molecule has 0 saturated heterocycles. The SMILES string of the molecule is Oc1ccc(B(OCc2ccccn2)c2cccc3ccccc23)cc1. The van der Waals surface area contributed by atoms with Crippen molar-refractivity contribution in [1.29, 1.82) is 0 Å². The van der Waals surface area contributed by atoms with Crippen LogP contribution >= 0.6 is 0 Å². The quantitative estimate of drug-likeness (QED) is 0.568. The van der Waals surface area contributed by atoms with Crippen LogP contribution < -0.4 is 10.9 Å². The Morgan fingerprint density at radius 1 is 0.808 bits per heavy atom. The van der Waals surface area contributed by atoms with Gasteiger partial charge in [-0.05, 0) is 46.0 Å². The highest BCUT2D eigenvalue weighted by Gasteiger charge is 2.23. The van der Waals surface area contributed by atoms with Crippen molar-refractivity contribution in [3.05, 3.63) is 96.8 Å². The second kappa shape index (κ2) is 7.42. The van der Waals surface area contributed by atoms with Crippen molar-refractivity contribution >= 4 is 28.6 Å². The summed E-state index contributed by atoms with van der Waals surface area (Å²) in [6.45, 7) is 0.166. The lowest BCUT2D eigenvalue weighted by atomic mass is 9.54. The summed E-state index contributed by atoms with van der Waals surface area (Å²) in [5, 5.41) is 12.0. The minimum Gasteiger partial charge on any atom is -0.508 e. The molecule has 0 fully saturated rings. The van der Waals surface area contributed by atoms with Crippen LogP contribution in [0.1, 0.15) is 5.69 Å². The van der Waals surface area contributed by atoms with Gasteiger partial charge in [0, 0.05) is 6.20 Å². The van der Waals surface area contributed by atoms with E-state index in [1.165, 1.54) is 5.39 Å². The lowest BCUT2D eigenvalue weighted by Gasteiger charge is -2.17. The van der Waals surface area contributed by atoms with Gasteiger partial charge in [-0.25, -0.2) is 0 Å². The highest BCUT2D eigenvalue weighted by atomic mass is 16.4. The molecule has 0 saturated carbocycles. The number of aromatic nitrogens is 1. The first-order chi connectivity index (χ1) is 12.8. The maximum absolute atomic E-state index is 9.64. The van der Waals surface area contributed by atoms with E-state index in [1.807, 2.05) is 42.5 Å². The molecule has 4 heteroatoms. The van der Waals surface area contributed by atoms with E-state index in [4.69, 9.17) is 4.65 Å². The zero-order chi connectivity index (χ0) is 17.8. The largest absolute Gasteiger partial charge is 0.508 e. The Bertz CT molecular complexity index is 998. The highest BCUT2D eigenvalue weighted by molar-refractivity contribution is 6.81. The Balaban J connectivity index is 1.75. The molecule has 26 heavy (non-hydrogen) atoms. The Hall–Kier alpha value is -3.11. The van der Waals surface area contributed by atoms with Crippen molar-refractivity contribution in [2.75, 3.05) is 0 Å². The topological polar surface area (TPSA) is 42.4 Å². The lowest BCUT2D eigenvalue weighted by Crippen LogP contribution is -2.45. The number of hydrogen-bond donors (Lipinski definition) is 1. The molecule has 1 N–H and O–H groups in total. The predicted molar refractivity (Wildman–Crippen MR) is 106 cm³/mol. The van der Waals surface area contributed by atoms with E-state index in [0.717, 1.165) is 22.0 Å². The van der Waals surface area contributed by atoms with Crippen LogP contribution in [0.2, 0.25) is 0 Å². The molecule has 0 radical (unpaired) electrons. The maximum atomic E-state index is 9.64. The summed E-state index contributed by atoms with van der Waals surface area (Å²) >= 11 is 0. The molecule has 1 aromatic heterocycles. The van der Waals surface area contributed by atoms with E-state index >= 15 is 0 Å². The van der Waals surface area contributed by atoms with Gasteiger partial charge in [-0.15, -0.1) is 0 Å². The van der Waals surface area contributed by atoms with Gasteiger partial charge < -0.3 is 9.76 Å². The molecular weight excluding hydrogens is 321 g/mol. The van der Waals surface area contributed by atoms with E-state index in [0.29, 0.717) is 6.61 Å². The average molecular weight is 339 g/mol. The number of aromatic hydroxyl groups is 1. The standard InChI is InChI=1S/C22H18BNO2/c25-20-13-11-18(12-14-20)23(26-16-19-8-3-4-15-24-19)22-10-5-7-17-6-1-2-9-21(17)22/h1-15,25H,16H2. The molecule has 0 spiro atoms. The fourth-order valence-corrected chi connectivity index (χ4v) is 3.15. The summed E-state index contributed by atoms with van der Waals surface area (Å²) in [4.78, 5) is 4.35. The van der Waals surface area contributed by atoms with Crippen molar-refractivity contribution < 1.29 is 9.76 Å². The van der Waals surface area contributed by atoms with E-state index < -0.39 is 0 Å². The molecule has 1 heterocycles. The maximum Gasteiger partial charge on any atom is 0.362 e. The first kappa shape index (κ1) is 16.4. The van der Waals surface area contributed by atoms with Gasteiger partial charge in [-0.3, -0.25) is 4.98 Å². The first-order valence-electron chi connectivity index (χ1n) is 8.59. The summed E-state index contributed by atoms with van der Waals surface area (Å²) in [5.74, 6) is 0.246. The Labute approximate surface area is 153 Å². The third-order valence-corrected chi connectivity index (χ3v) is 4.43. The second-order valence-corrected chi connectivity index (χ2v) is 6.17. The Morgan fingerprint density at radius 3 is 2.38 bits per heavy atom. The Kier molecular flexibility index (Phi) is 4.67. The number of fused-ring (bicyclic) bond motifs is 1. The third-order valence-electron chi connectivity index (χ3n) is 4.43. The molecule has 0 bridgehead atoms. The molecule has 0 aliphatic carbocycles. The summed E-state index contributed by atoms with van der Waals surface area (Å²) in [6, 6.07) is 27.5. The third kappa shape index (κ3) is 3.46. The number of phenols is 1. The molecule has 0 unspecified atom stereocenters. The molecule has 0 aliphatic rings. The van der Waals surface area contributed by atoms with Crippen molar-refractivity contribution in [3.8, 4) is 5.75 Å². The van der Waals surface area contributed by atoms with Crippen LogP contribution in [-0.2, 0) is 11.3 Å². The van der Waals surface area contributed by atoms with Crippen molar-refractivity contribution in [2.24, 2.45) is 0 Å². The zero-order valence-corrected chi connectivity index (χ0v) is 14.2. The van der Waals surface area contributed by atoms with Gasteiger partial charge in [0.2, 0.25) is 0 Å². The van der Waals surface area contributed by atoms with Crippen LogP contribution in [0.15, 0.2) is 91.1 Å². The minimum absolute atomic E-state index is 0.246. The van der Waals surface area contributed by atoms with E-state index in [-0.39, 0.29) is 12.7 Å². The minimum atomic E-state index is -0.247. The molecule has 0 aliphatic heterocycles. The number of pyridine rings is 1. The molecule has 0 amide bonds. The zero-order valence-electron chi connectivity index (χ0n) is 14.2. The van der Waals surface area contributed by atoms with Gasteiger partial charge in [0.1, 0.15) is 5.75 Å². The molecule has 4 aromatic rings. The molecular formula is C22H18BNO2. The van der Waals surface area contributed by atoms with Crippen LogP contribution in [0.25, 0.3) is 10.8 Å². The Morgan fingerprint density at radius 2 is 1.58 bits per heavy atom. The fourth-order valence-electron chi connectivity index (χ4n) is 3.15. The second-order valence-electron chi connectivity index (χ2n) is 6.17. The molecule has 0 atom stereocenters. The number of phenolic OH excluding ortho intramolecular Hbond substituents is 1. The van der Waals surface area contributed by atoms with E-state index in [9.17, 15) is 5.11 Å². The van der Waals surface area contributed by atoms with Crippen LogP contribution in [0.4, 0.5) is 0 Å². The number of hydrogen-bond acceptors (Lipinski definition) is 3. The monoisotopic (exact) mass is 339 g/mol. The van der Waals surface area contributed by atoms with Gasteiger partial charge >= 0.3 is 6.92 Å². The normalized spacial score (nSPS) is 10.8. The van der Waals surface area contributed by atoms with Gasteiger partial charge in [-0.1, -0.05) is 60.7 Å². The van der Waals surface area contributed by atoms with Gasteiger partial charge in [-0.2, -0.15) is 0 Å². The number of nitrogens with zero attached hydrogens (tertiary/aromatic N) is 1. The van der Waals surface area contributed by atoms with Crippen molar-refractivity contribution in [1.82, 2.24) is 4.98 Å². The molecule has 126 valence electrons. The molecule has 3 aromatic carbocycles. The fraction of sp³-hybridized carbons (Fsp3) is 0.0455. The highest BCUT2D eigenvalue weighted by Crippen LogP contribution is 2.13.